The second kappa shape index (κ2) is 4.64. The number of halogens is 1. The molecule has 1 fully saturated rings. The molecule has 18 heavy (non-hydrogen) atoms. The van der Waals surface area contributed by atoms with E-state index in [-0.39, 0.29) is 17.1 Å². The van der Waals surface area contributed by atoms with Crippen molar-refractivity contribution in [1.82, 2.24) is 0 Å². The molecule has 0 amide bonds. The average molecular weight is 312 g/mol. The lowest BCUT2D eigenvalue weighted by Gasteiger charge is -2.32. The lowest BCUT2D eigenvalue weighted by atomic mass is 9.75. The lowest BCUT2D eigenvalue weighted by molar-refractivity contribution is 0.00578. The van der Waals surface area contributed by atoms with Gasteiger partial charge in [0, 0.05) is 4.47 Å². The monoisotopic (exact) mass is 311 g/mol. The van der Waals surface area contributed by atoms with Crippen molar-refractivity contribution in [3.8, 4) is 0 Å². The average Bonchev–Trinajstić information content (AvgIpc) is 2.48. The summed E-state index contributed by atoms with van der Waals surface area (Å²) in [4.78, 5) is 0. The van der Waals surface area contributed by atoms with Crippen LogP contribution in [0.15, 0.2) is 28.7 Å². The van der Waals surface area contributed by atoms with Crippen LogP contribution in [0.2, 0.25) is 0 Å². The Bertz CT molecular complexity index is 434. The van der Waals surface area contributed by atoms with Crippen molar-refractivity contribution in [3.63, 3.8) is 0 Å². The summed E-state index contributed by atoms with van der Waals surface area (Å²) in [5.74, 6) is -0.304. The molecule has 1 aromatic rings. The first-order valence-corrected chi connectivity index (χ1v) is 6.89. The minimum Gasteiger partial charge on any atom is -0.402 e. The van der Waals surface area contributed by atoms with E-state index in [9.17, 15) is 0 Å². The van der Waals surface area contributed by atoms with E-state index in [0.29, 0.717) is 0 Å². The van der Waals surface area contributed by atoms with Gasteiger partial charge in [0.1, 0.15) is 0 Å². The minimum absolute atomic E-state index is 0.304. The number of benzene rings is 1. The Morgan fingerprint density at radius 1 is 1.11 bits per heavy atom. The first-order valence-electron chi connectivity index (χ1n) is 6.10. The first kappa shape index (κ1) is 14.1. The second-order valence-corrected chi connectivity index (χ2v) is 6.53. The Kier molecular flexibility index (Phi) is 3.62. The molecule has 5 heteroatoms. The molecular weight excluding hydrogens is 293 g/mol. The van der Waals surface area contributed by atoms with Crippen LogP contribution in [-0.2, 0) is 9.31 Å². The van der Waals surface area contributed by atoms with Crippen LogP contribution in [0.25, 0.3) is 0 Å². The quantitative estimate of drug-likeness (QED) is 0.854. The Hall–Kier alpha value is -0.355. The van der Waals surface area contributed by atoms with Crippen LogP contribution in [-0.4, -0.2) is 18.3 Å². The molecule has 0 saturated carbocycles. The van der Waals surface area contributed by atoms with Gasteiger partial charge in [-0.05, 0) is 39.3 Å². The van der Waals surface area contributed by atoms with E-state index in [1.807, 2.05) is 52.0 Å². The van der Waals surface area contributed by atoms with Crippen molar-refractivity contribution in [3.05, 3.63) is 34.3 Å². The van der Waals surface area contributed by atoms with Crippen molar-refractivity contribution in [2.24, 2.45) is 5.73 Å². The second-order valence-electron chi connectivity index (χ2n) is 5.67. The fourth-order valence-corrected chi connectivity index (χ4v) is 2.48. The highest BCUT2D eigenvalue weighted by molar-refractivity contribution is 9.10. The molecule has 3 nitrogen and oxygen atoms in total. The zero-order valence-electron chi connectivity index (χ0n) is 11.2. The van der Waals surface area contributed by atoms with Gasteiger partial charge in [-0.15, -0.1) is 0 Å². The molecule has 1 aliphatic heterocycles. The third-order valence-corrected chi connectivity index (χ3v) is 4.55. The topological polar surface area (TPSA) is 44.5 Å². The van der Waals surface area contributed by atoms with Gasteiger partial charge in [0.15, 0.2) is 0 Å². The molecule has 0 unspecified atom stereocenters. The van der Waals surface area contributed by atoms with Gasteiger partial charge in [-0.1, -0.05) is 34.1 Å². The molecular formula is C13H19BBrNO2. The predicted molar refractivity (Wildman–Crippen MR) is 77.2 cm³/mol. The fourth-order valence-electron chi connectivity index (χ4n) is 1.93. The van der Waals surface area contributed by atoms with Gasteiger partial charge in [-0.3, -0.25) is 0 Å². The van der Waals surface area contributed by atoms with E-state index < -0.39 is 7.12 Å². The SMILES string of the molecule is CC1(C)OB([C@H](N)c2ccccc2Br)OC1(C)C. The van der Waals surface area contributed by atoms with Crippen LogP contribution in [0.5, 0.6) is 0 Å². The van der Waals surface area contributed by atoms with Crippen LogP contribution < -0.4 is 5.73 Å². The van der Waals surface area contributed by atoms with Crippen LogP contribution in [0.1, 0.15) is 39.2 Å². The minimum atomic E-state index is -0.423. The van der Waals surface area contributed by atoms with Crippen molar-refractivity contribution in [2.45, 2.75) is 44.8 Å². The summed E-state index contributed by atoms with van der Waals surface area (Å²) in [6, 6.07) is 7.88. The fraction of sp³-hybridized carbons (Fsp3) is 0.538. The normalized spacial score (nSPS) is 23.1. The molecule has 0 aromatic heterocycles. The molecule has 1 saturated heterocycles. The summed E-state index contributed by atoms with van der Waals surface area (Å²) < 4.78 is 12.9. The summed E-state index contributed by atoms with van der Waals surface area (Å²) in [7, 11) is -0.423. The smallest absolute Gasteiger partial charge is 0.402 e. The highest BCUT2D eigenvalue weighted by Crippen LogP contribution is 2.40. The number of nitrogens with two attached hydrogens (primary N) is 1. The molecule has 0 spiro atoms. The number of rotatable bonds is 2. The van der Waals surface area contributed by atoms with Gasteiger partial charge in [-0.2, -0.15) is 0 Å². The maximum Gasteiger partial charge on any atom is 0.480 e. The number of hydrogen-bond donors (Lipinski definition) is 1. The summed E-state index contributed by atoms with van der Waals surface area (Å²) in [6.07, 6.45) is 0. The molecule has 1 heterocycles. The molecule has 1 atom stereocenters. The highest BCUT2D eigenvalue weighted by Gasteiger charge is 2.53. The van der Waals surface area contributed by atoms with Crippen molar-refractivity contribution in [1.29, 1.82) is 0 Å². The maximum atomic E-state index is 6.26. The Labute approximate surface area is 117 Å². The van der Waals surface area contributed by atoms with Crippen molar-refractivity contribution < 1.29 is 9.31 Å². The molecule has 1 aromatic carbocycles. The zero-order chi connectivity index (χ0) is 13.6. The molecule has 0 bridgehead atoms. The molecule has 98 valence electrons. The van der Waals surface area contributed by atoms with E-state index in [0.717, 1.165) is 10.0 Å². The highest BCUT2D eigenvalue weighted by atomic mass is 79.9. The maximum absolute atomic E-state index is 6.26. The summed E-state index contributed by atoms with van der Waals surface area (Å²) in [6.45, 7) is 8.11. The van der Waals surface area contributed by atoms with E-state index in [2.05, 4.69) is 15.9 Å². The van der Waals surface area contributed by atoms with Crippen LogP contribution in [0.3, 0.4) is 0 Å². The third-order valence-electron chi connectivity index (χ3n) is 3.83. The molecule has 2 rings (SSSR count). The summed E-state index contributed by atoms with van der Waals surface area (Å²) in [5, 5.41) is 0. The van der Waals surface area contributed by atoms with E-state index >= 15 is 0 Å². The summed E-state index contributed by atoms with van der Waals surface area (Å²) >= 11 is 3.51. The van der Waals surface area contributed by atoms with Crippen LogP contribution in [0, 0.1) is 0 Å². The Morgan fingerprint density at radius 3 is 2.11 bits per heavy atom. The van der Waals surface area contributed by atoms with E-state index in [1.165, 1.54) is 0 Å². The van der Waals surface area contributed by atoms with Gasteiger partial charge in [-0.25, -0.2) is 0 Å². The molecule has 1 aliphatic rings. The molecule has 0 radical (unpaired) electrons. The van der Waals surface area contributed by atoms with Gasteiger partial charge in [0.25, 0.3) is 0 Å². The third kappa shape index (κ3) is 2.37. The van der Waals surface area contributed by atoms with Gasteiger partial charge in [0.2, 0.25) is 0 Å². The van der Waals surface area contributed by atoms with Crippen LogP contribution in [0.4, 0.5) is 0 Å². The predicted octanol–water partition coefficient (Wildman–Crippen LogP) is 3.08. The van der Waals surface area contributed by atoms with Crippen LogP contribution >= 0.6 is 15.9 Å². The Morgan fingerprint density at radius 2 is 1.61 bits per heavy atom. The van der Waals surface area contributed by atoms with Gasteiger partial charge in [0.05, 0.1) is 17.1 Å². The van der Waals surface area contributed by atoms with Gasteiger partial charge >= 0.3 is 7.12 Å². The first-order chi connectivity index (χ1) is 8.24. The Balaban J connectivity index is 2.23. The molecule has 2 N–H and O–H groups in total. The zero-order valence-corrected chi connectivity index (χ0v) is 12.8. The van der Waals surface area contributed by atoms with Crippen molar-refractivity contribution in [2.75, 3.05) is 0 Å². The number of hydrogen-bond acceptors (Lipinski definition) is 3. The van der Waals surface area contributed by atoms with E-state index in [4.69, 9.17) is 15.0 Å². The molecule has 0 aliphatic carbocycles. The standard InChI is InChI=1S/C13H19BBrNO2/c1-12(2)13(3,4)18-14(17-12)11(16)9-7-5-6-8-10(9)15/h5-8,11H,16H2,1-4H3/t11-/m1/s1. The largest absolute Gasteiger partial charge is 0.480 e. The van der Waals surface area contributed by atoms with E-state index in [1.54, 1.807) is 0 Å². The van der Waals surface area contributed by atoms with Gasteiger partial charge < -0.3 is 15.0 Å². The lowest BCUT2D eigenvalue weighted by Crippen LogP contribution is -2.41. The van der Waals surface area contributed by atoms with Crippen molar-refractivity contribution >= 4 is 23.0 Å². The summed E-state index contributed by atoms with van der Waals surface area (Å²) in [5.41, 5.74) is 6.56.